The number of hydrogen-bond donors (Lipinski definition) is 2. The van der Waals surface area contributed by atoms with E-state index < -0.39 is 10.0 Å². The summed E-state index contributed by atoms with van der Waals surface area (Å²) in [7, 11) is -3.70. The number of primary sulfonamides is 1. The van der Waals surface area contributed by atoms with Gasteiger partial charge in [0.2, 0.25) is 10.0 Å². The zero-order valence-electron chi connectivity index (χ0n) is 15.5. The molecule has 1 amide bonds. The van der Waals surface area contributed by atoms with E-state index in [2.05, 4.69) is 5.32 Å². The highest BCUT2D eigenvalue weighted by Crippen LogP contribution is 2.29. The van der Waals surface area contributed by atoms with Gasteiger partial charge in [-0.15, -0.1) is 0 Å². The minimum atomic E-state index is -3.70. The van der Waals surface area contributed by atoms with E-state index in [1.165, 1.54) is 12.1 Å². The first-order valence-corrected chi connectivity index (χ1v) is 10.1. The van der Waals surface area contributed by atoms with Crippen LogP contribution in [0.25, 0.3) is 11.0 Å². The molecule has 6 nitrogen and oxygen atoms in total. The van der Waals surface area contributed by atoms with E-state index in [0.717, 1.165) is 33.2 Å². The van der Waals surface area contributed by atoms with Gasteiger partial charge in [0.25, 0.3) is 5.91 Å². The summed E-state index contributed by atoms with van der Waals surface area (Å²) in [5.41, 5.74) is 4.59. The van der Waals surface area contributed by atoms with Gasteiger partial charge in [-0.05, 0) is 62.1 Å². The Morgan fingerprint density at radius 1 is 1.11 bits per heavy atom. The molecule has 3 aromatic rings. The van der Waals surface area contributed by atoms with Crippen LogP contribution < -0.4 is 10.5 Å². The van der Waals surface area contributed by atoms with Gasteiger partial charge in [0.15, 0.2) is 5.76 Å². The van der Waals surface area contributed by atoms with Gasteiger partial charge in [0.1, 0.15) is 5.58 Å². The fourth-order valence-electron chi connectivity index (χ4n) is 3.13. The normalized spacial score (nSPS) is 11.7. The molecule has 2 aromatic carbocycles. The molecule has 0 unspecified atom stereocenters. The fraction of sp³-hybridized carbons (Fsp3) is 0.250. The van der Waals surface area contributed by atoms with E-state index in [9.17, 15) is 13.2 Å². The quantitative estimate of drug-likeness (QED) is 0.704. The average molecular weight is 386 g/mol. The van der Waals surface area contributed by atoms with Crippen molar-refractivity contribution in [2.45, 2.75) is 32.1 Å². The van der Waals surface area contributed by atoms with Crippen molar-refractivity contribution in [2.24, 2.45) is 5.14 Å². The Kier molecular flexibility index (Phi) is 5.08. The van der Waals surface area contributed by atoms with Gasteiger partial charge in [-0.2, -0.15) is 0 Å². The molecule has 0 atom stereocenters. The number of fused-ring (bicyclic) bond motifs is 1. The summed E-state index contributed by atoms with van der Waals surface area (Å²) < 4.78 is 28.3. The van der Waals surface area contributed by atoms with Crippen molar-refractivity contribution >= 4 is 26.9 Å². The van der Waals surface area contributed by atoms with E-state index in [0.29, 0.717) is 18.7 Å². The van der Waals surface area contributed by atoms with Crippen molar-refractivity contribution in [1.29, 1.82) is 0 Å². The Morgan fingerprint density at radius 2 is 1.78 bits per heavy atom. The summed E-state index contributed by atoms with van der Waals surface area (Å²) in [6.07, 6.45) is 0.564. The Bertz CT molecular complexity index is 1110. The summed E-state index contributed by atoms with van der Waals surface area (Å²) in [5, 5.41) is 8.89. The van der Waals surface area contributed by atoms with Crippen molar-refractivity contribution in [1.82, 2.24) is 5.32 Å². The summed E-state index contributed by atoms with van der Waals surface area (Å²) in [6, 6.07) is 10.3. The first kappa shape index (κ1) is 19.1. The molecule has 142 valence electrons. The minimum absolute atomic E-state index is 0.0684. The molecule has 0 aliphatic carbocycles. The molecule has 0 aliphatic heterocycles. The smallest absolute Gasteiger partial charge is 0.287 e. The predicted molar refractivity (Wildman–Crippen MR) is 104 cm³/mol. The van der Waals surface area contributed by atoms with E-state index in [4.69, 9.17) is 9.56 Å². The number of aryl methyl sites for hydroxylation is 3. The van der Waals surface area contributed by atoms with Crippen LogP contribution in [0.15, 0.2) is 45.7 Å². The van der Waals surface area contributed by atoms with Gasteiger partial charge in [0, 0.05) is 17.5 Å². The fourth-order valence-corrected chi connectivity index (χ4v) is 3.65. The molecule has 0 aliphatic rings. The second-order valence-electron chi connectivity index (χ2n) is 6.71. The number of amides is 1. The van der Waals surface area contributed by atoms with Crippen molar-refractivity contribution in [3.05, 3.63) is 64.4 Å². The number of rotatable bonds is 5. The number of furan rings is 1. The second-order valence-corrected chi connectivity index (χ2v) is 8.27. The van der Waals surface area contributed by atoms with Crippen molar-refractivity contribution in [3.8, 4) is 0 Å². The van der Waals surface area contributed by atoms with E-state index in [-0.39, 0.29) is 10.8 Å². The lowest BCUT2D eigenvalue weighted by Gasteiger charge is -2.05. The number of nitrogens with one attached hydrogen (secondary N) is 1. The Balaban J connectivity index is 1.69. The SMILES string of the molecule is Cc1cc(C)c2oc(C(=O)NCCc3ccc(S(N)(=O)=O)cc3)c(C)c2c1. The third-order valence-electron chi connectivity index (χ3n) is 4.53. The lowest BCUT2D eigenvalue weighted by atomic mass is 10.1. The van der Waals surface area contributed by atoms with E-state index >= 15 is 0 Å². The monoisotopic (exact) mass is 386 g/mol. The van der Waals surface area contributed by atoms with Crippen LogP contribution in [0, 0.1) is 20.8 Å². The van der Waals surface area contributed by atoms with Crippen LogP contribution in [0.4, 0.5) is 0 Å². The molecule has 3 rings (SSSR count). The molecule has 0 bridgehead atoms. The van der Waals surface area contributed by atoms with Crippen LogP contribution in [0.3, 0.4) is 0 Å². The van der Waals surface area contributed by atoms with Crippen LogP contribution in [-0.2, 0) is 16.4 Å². The summed E-state index contributed by atoms with van der Waals surface area (Å²) in [5.74, 6) is 0.0604. The van der Waals surface area contributed by atoms with Crippen LogP contribution in [-0.4, -0.2) is 20.9 Å². The molecule has 3 N–H and O–H groups in total. The molecule has 0 saturated heterocycles. The highest BCUT2D eigenvalue weighted by Gasteiger charge is 2.18. The molecular weight excluding hydrogens is 364 g/mol. The van der Waals surface area contributed by atoms with Crippen molar-refractivity contribution in [2.75, 3.05) is 6.54 Å². The molecule has 0 spiro atoms. The number of nitrogens with two attached hydrogens (primary N) is 1. The summed E-state index contributed by atoms with van der Waals surface area (Å²) in [6.45, 7) is 6.26. The first-order chi connectivity index (χ1) is 12.7. The Hall–Kier alpha value is -2.64. The molecular formula is C20H22N2O4S. The molecule has 0 saturated carbocycles. The van der Waals surface area contributed by atoms with Gasteiger partial charge in [-0.25, -0.2) is 13.6 Å². The first-order valence-electron chi connectivity index (χ1n) is 8.57. The number of carbonyl (C=O) groups is 1. The molecule has 0 fully saturated rings. The van der Waals surface area contributed by atoms with Gasteiger partial charge in [-0.1, -0.05) is 18.2 Å². The highest BCUT2D eigenvalue weighted by atomic mass is 32.2. The largest absolute Gasteiger partial charge is 0.450 e. The molecule has 7 heteroatoms. The van der Waals surface area contributed by atoms with Crippen molar-refractivity contribution in [3.63, 3.8) is 0 Å². The van der Waals surface area contributed by atoms with Gasteiger partial charge >= 0.3 is 0 Å². The van der Waals surface area contributed by atoms with Crippen LogP contribution >= 0.6 is 0 Å². The maximum Gasteiger partial charge on any atom is 0.287 e. The number of carbonyl (C=O) groups excluding carboxylic acids is 1. The van der Waals surface area contributed by atoms with Crippen LogP contribution in [0.1, 0.15) is 32.8 Å². The zero-order chi connectivity index (χ0) is 19.8. The lowest BCUT2D eigenvalue weighted by molar-refractivity contribution is 0.0927. The van der Waals surface area contributed by atoms with Crippen LogP contribution in [0.5, 0.6) is 0 Å². The van der Waals surface area contributed by atoms with E-state index in [1.54, 1.807) is 12.1 Å². The average Bonchev–Trinajstić information content (AvgIpc) is 2.92. The lowest BCUT2D eigenvalue weighted by Crippen LogP contribution is -2.25. The molecule has 1 heterocycles. The van der Waals surface area contributed by atoms with Crippen molar-refractivity contribution < 1.29 is 17.6 Å². The Morgan fingerprint density at radius 3 is 2.41 bits per heavy atom. The number of benzene rings is 2. The third kappa shape index (κ3) is 4.04. The maximum atomic E-state index is 12.5. The van der Waals surface area contributed by atoms with Gasteiger partial charge in [0.05, 0.1) is 4.90 Å². The third-order valence-corrected chi connectivity index (χ3v) is 5.45. The summed E-state index contributed by atoms with van der Waals surface area (Å²) in [4.78, 5) is 12.6. The van der Waals surface area contributed by atoms with E-state index in [1.807, 2.05) is 32.9 Å². The maximum absolute atomic E-state index is 12.5. The predicted octanol–water partition coefficient (Wildman–Crippen LogP) is 2.98. The minimum Gasteiger partial charge on any atom is -0.450 e. The van der Waals surface area contributed by atoms with Gasteiger partial charge < -0.3 is 9.73 Å². The van der Waals surface area contributed by atoms with Crippen LogP contribution in [0.2, 0.25) is 0 Å². The number of hydrogen-bond acceptors (Lipinski definition) is 4. The zero-order valence-corrected chi connectivity index (χ0v) is 16.3. The standard InChI is InChI=1S/C20H22N2O4S/c1-12-10-13(2)18-17(11-12)14(3)19(26-18)20(23)22-9-8-15-4-6-16(7-5-15)27(21,24)25/h4-7,10-11H,8-9H2,1-3H3,(H,22,23)(H2,21,24,25). The highest BCUT2D eigenvalue weighted by molar-refractivity contribution is 7.89. The molecule has 0 radical (unpaired) electrons. The topological polar surface area (TPSA) is 102 Å². The Labute approximate surface area is 158 Å². The molecule has 27 heavy (non-hydrogen) atoms. The number of sulfonamides is 1. The summed E-state index contributed by atoms with van der Waals surface area (Å²) >= 11 is 0. The van der Waals surface area contributed by atoms with Gasteiger partial charge in [-0.3, -0.25) is 4.79 Å². The molecule has 1 aromatic heterocycles. The second kappa shape index (κ2) is 7.17.